The zero-order valence-corrected chi connectivity index (χ0v) is 13.6. The molecule has 1 aliphatic rings. The summed E-state index contributed by atoms with van der Waals surface area (Å²) in [7, 11) is 1.54. The lowest BCUT2D eigenvalue weighted by Gasteiger charge is -2.13. The average Bonchev–Trinajstić information content (AvgIpc) is 3.12. The Kier molecular flexibility index (Phi) is 4.91. The van der Waals surface area contributed by atoms with Crippen molar-refractivity contribution in [1.29, 1.82) is 0 Å². The van der Waals surface area contributed by atoms with Crippen molar-refractivity contribution < 1.29 is 9.53 Å². The van der Waals surface area contributed by atoms with E-state index in [0.717, 1.165) is 18.0 Å². The molecule has 1 fully saturated rings. The summed E-state index contributed by atoms with van der Waals surface area (Å²) in [5, 5.41) is 2.94. The van der Waals surface area contributed by atoms with E-state index in [1.54, 1.807) is 6.20 Å². The van der Waals surface area contributed by atoms with Crippen LogP contribution in [0.1, 0.15) is 58.6 Å². The minimum Gasteiger partial charge on any atom is -0.468 e. The van der Waals surface area contributed by atoms with Gasteiger partial charge in [0.05, 0.1) is 12.8 Å². The zero-order chi connectivity index (χ0) is 15.5. The van der Waals surface area contributed by atoms with Gasteiger partial charge >= 0.3 is 12.0 Å². The molecule has 0 unspecified atom stereocenters. The number of nitrogens with one attached hydrogen (secondary N) is 1. The molecule has 118 valence electrons. The van der Waals surface area contributed by atoms with E-state index in [-0.39, 0.29) is 11.4 Å². The van der Waals surface area contributed by atoms with E-state index < -0.39 is 0 Å². The number of nitrogens with zero attached hydrogens (tertiary/aromatic N) is 2. The summed E-state index contributed by atoms with van der Waals surface area (Å²) in [5.74, 6) is 0.962. The number of carbonyl (C=O) groups excluding carboxylic acids is 1. The molecule has 1 aromatic heterocycles. The van der Waals surface area contributed by atoms with Crippen LogP contribution in [0.5, 0.6) is 6.01 Å². The number of methoxy groups -OCH3 is 1. The molecule has 2 rings (SSSR count). The van der Waals surface area contributed by atoms with Crippen molar-refractivity contribution in [2.45, 2.75) is 58.3 Å². The smallest absolute Gasteiger partial charge is 0.329 e. The van der Waals surface area contributed by atoms with E-state index in [0.29, 0.717) is 12.6 Å². The highest BCUT2D eigenvalue weighted by Gasteiger charge is 2.23. The highest BCUT2D eigenvalue weighted by atomic mass is 16.5. The summed E-state index contributed by atoms with van der Waals surface area (Å²) in [6.07, 6.45) is 8.09. The average molecular weight is 293 g/mol. The van der Waals surface area contributed by atoms with E-state index >= 15 is 0 Å². The Morgan fingerprint density at radius 2 is 2.14 bits per heavy atom. The number of rotatable bonds is 6. The van der Waals surface area contributed by atoms with Crippen molar-refractivity contribution in [3.8, 4) is 6.01 Å². The van der Waals surface area contributed by atoms with Gasteiger partial charge in [-0.2, -0.15) is 4.98 Å². The van der Waals surface area contributed by atoms with Gasteiger partial charge in [0, 0.05) is 18.2 Å². The van der Waals surface area contributed by atoms with Crippen LogP contribution in [0.2, 0.25) is 0 Å². The maximum absolute atomic E-state index is 12.2. The standard InChI is InChI=1S/C16H27N3O2/c1-16(2,3)13-11-19(15(18-13)21-4)14(20)17-10-6-5-7-12-8-9-12/h11-12H,5-10H2,1-4H3,(H,17,20). The number of imidazole rings is 1. The molecule has 0 saturated heterocycles. The second-order valence-corrected chi connectivity index (χ2v) is 6.90. The summed E-state index contributed by atoms with van der Waals surface area (Å²) < 4.78 is 6.66. The third kappa shape index (κ3) is 4.48. The molecule has 21 heavy (non-hydrogen) atoms. The lowest BCUT2D eigenvalue weighted by molar-refractivity contribution is 0.238. The predicted molar refractivity (Wildman–Crippen MR) is 82.9 cm³/mol. The Morgan fingerprint density at radius 1 is 1.43 bits per heavy atom. The molecule has 1 N–H and O–H groups in total. The van der Waals surface area contributed by atoms with Crippen LogP contribution in [0.3, 0.4) is 0 Å². The van der Waals surface area contributed by atoms with Gasteiger partial charge in [0.1, 0.15) is 0 Å². The molecule has 0 spiro atoms. The first-order chi connectivity index (χ1) is 9.91. The fraction of sp³-hybridized carbons (Fsp3) is 0.750. The molecular formula is C16H27N3O2. The molecule has 1 heterocycles. The number of unbranched alkanes of at least 4 members (excludes halogenated alkanes) is 1. The summed E-state index contributed by atoms with van der Waals surface area (Å²) >= 11 is 0. The summed E-state index contributed by atoms with van der Waals surface area (Å²) in [4.78, 5) is 16.6. The van der Waals surface area contributed by atoms with Gasteiger partial charge in [-0.15, -0.1) is 0 Å². The molecule has 1 aliphatic carbocycles. The Labute approximate surface area is 127 Å². The van der Waals surface area contributed by atoms with Gasteiger partial charge in [0.15, 0.2) is 0 Å². The van der Waals surface area contributed by atoms with Crippen LogP contribution in [-0.4, -0.2) is 29.2 Å². The topological polar surface area (TPSA) is 56.2 Å². The number of hydrogen-bond acceptors (Lipinski definition) is 3. The summed E-state index contributed by atoms with van der Waals surface area (Å²) in [5.41, 5.74) is 0.742. The Morgan fingerprint density at radius 3 is 2.71 bits per heavy atom. The third-order valence-electron chi connectivity index (χ3n) is 3.86. The maximum Gasteiger partial charge on any atom is 0.329 e. The molecule has 0 atom stereocenters. The van der Waals surface area contributed by atoms with Crippen LogP contribution < -0.4 is 10.1 Å². The largest absolute Gasteiger partial charge is 0.468 e. The van der Waals surface area contributed by atoms with Crippen LogP contribution in [0.15, 0.2) is 6.20 Å². The van der Waals surface area contributed by atoms with Gasteiger partial charge in [-0.05, 0) is 12.3 Å². The number of aromatic nitrogens is 2. The van der Waals surface area contributed by atoms with E-state index in [4.69, 9.17) is 4.74 Å². The predicted octanol–water partition coefficient (Wildman–Crippen LogP) is 3.33. The van der Waals surface area contributed by atoms with Crippen LogP contribution in [0.4, 0.5) is 4.79 Å². The SMILES string of the molecule is COc1nc(C(C)(C)C)cn1C(=O)NCCCCC1CC1. The highest BCUT2D eigenvalue weighted by Crippen LogP contribution is 2.33. The van der Waals surface area contributed by atoms with E-state index in [1.165, 1.54) is 37.4 Å². The van der Waals surface area contributed by atoms with Crippen LogP contribution in [0, 0.1) is 5.92 Å². The van der Waals surface area contributed by atoms with Gasteiger partial charge in [-0.3, -0.25) is 0 Å². The highest BCUT2D eigenvalue weighted by molar-refractivity contribution is 5.78. The lowest BCUT2D eigenvalue weighted by Crippen LogP contribution is -2.29. The summed E-state index contributed by atoms with van der Waals surface area (Å²) in [6.45, 7) is 6.90. The second kappa shape index (κ2) is 6.50. The van der Waals surface area contributed by atoms with Crippen molar-refractivity contribution >= 4 is 6.03 Å². The van der Waals surface area contributed by atoms with Gasteiger partial charge in [0.2, 0.25) is 0 Å². The molecule has 0 radical (unpaired) electrons. The second-order valence-electron chi connectivity index (χ2n) is 6.90. The van der Waals surface area contributed by atoms with Gasteiger partial charge < -0.3 is 10.1 Å². The van der Waals surface area contributed by atoms with E-state index in [2.05, 4.69) is 31.1 Å². The quantitative estimate of drug-likeness (QED) is 0.819. The van der Waals surface area contributed by atoms with Crippen LogP contribution in [-0.2, 0) is 5.41 Å². The molecule has 1 aromatic rings. The first-order valence-corrected chi connectivity index (χ1v) is 7.84. The monoisotopic (exact) mass is 293 g/mol. The Hall–Kier alpha value is -1.52. The number of amides is 1. The van der Waals surface area contributed by atoms with Crippen molar-refractivity contribution in [3.05, 3.63) is 11.9 Å². The summed E-state index contributed by atoms with van der Waals surface area (Å²) in [6, 6.07) is 0.177. The minimum atomic E-state index is -0.165. The van der Waals surface area contributed by atoms with Crippen LogP contribution in [0.25, 0.3) is 0 Å². The Balaban J connectivity index is 1.86. The van der Waals surface area contributed by atoms with Crippen molar-refractivity contribution in [1.82, 2.24) is 14.9 Å². The molecule has 0 bridgehead atoms. The van der Waals surface area contributed by atoms with Crippen LogP contribution >= 0.6 is 0 Å². The molecular weight excluding hydrogens is 266 g/mol. The Bertz CT molecular complexity index is 484. The fourth-order valence-electron chi connectivity index (χ4n) is 2.26. The fourth-order valence-corrected chi connectivity index (χ4v) is 2.26. The number of hydrogen-bond donors (Lipinski definition) is 1. The van der Waals surface area contributed by atoms with Gasteiger partial charge in [0.25, 0.3) is 0 Å². The lowest BCUT2D eigenvalue weighted by atomic mass is 9.93. The molecule has 1 amide bonds. The van der Waals surface area contributed by atoms with E-state index in [9.17, 15) is 4.79 Å². The molecule has 1 saturated carbocycles. The maximum atomic E-state index is 12.2. The third-order valence-corrected chi connectivity index (χ3v) is 3.86. The van der Waals surface area contributed by atoms with Crippen molar-refractivity contribution in [2.24, 2.45) is 5.92 Å². The molecule has 5 heteroatoms. The number of ether oxygens (including phenoxy) is 1. The van der Waals surface area contributed by atoms with Gasteiger partial charge in [-0.1, -0.05) is 46.5 Å². The van der Waals surface area contributed by atoms with Crippen molar-refractivity contribution in [2.75, 3.05) is 13.7 Å². The minimum absolute atomic E-state index is 0.108. The first-order valence-electron chi connectivity index (χ1n) is 7.84. The zero-order valence-electron chi connectivity index (χ0n) is 13.6. The van der Waals surface area contributed by atoms with Gasteiger partial charge in [-0.25, -0.2) is 9.36 Å². The van der Waals surface area contributed by atoms with E-state index in [1.807, 2.05) is 0 Å². The molecule has 0 aromatic carbocycles. The van der Waals surface area contributed by atoms with Crippen molar-refractivity contribution in [3.63, 3.8) is 0 Å². The number of carbonyl (C=O) groups is 1. The molecule has 5 nitrogen and oxygen atoms in total. The first kappa shape index (κ1) is 15.9. The normalized spacial score (nSPS) is 15.0. The molecule has 0 aliphatic heterocycles.